The Balaban J connectivity index is 1.68. The van der Waals surface area contributed by atoms with Crippen LogP contribution >= 0.6 is 34.5 Å². The maximum absolute atomic E-state index is 13.9. The summed E-state index contributed by atoms with van der Waals surface area (Å²) in [5, 5.41) is 1.24. The molecular formula is C29H25Cl2N3O3S. The molecule has 3 heterocycles. The molecule has 1 aliphatic rings. The Morgan fingerprint density at radius 2 is 1.68 bits per heavy atom. The van der Waals surface area contributed by atoms with Gasteiger partial charge in [-0.15, -0.1) is 0 Å². The summed E-state index contributed by atoms with van der Waals surface area (Å²) < 4.78 is 9.58. The number of ether oxygens (including phenoxy) is 1. The average Bonchev–Trinajstić information content (AvgIpc) is 3.34. The molecule has 38 heavy (non-hydrogen) atoms. The molecule has 5 rings (SSSR count). The maximum Gasteiger partial charge on any atom is 0.338 e. The van der Waals surface area contributed by atoms with Gasteiger partial charge in [0.1, 0.15) is 0 Å². The molecule has 4 aromatic rings. The number of carbonyl (C=O) groups excluding carboxylic acids is 1. The summed E-state index contributed by atoms with van der Waals surface area (Å²) in [6, 6.07) is 16.1. The van der Waals surface area contributed by atoms with Crippen molar-refractivity contribution in [2.75, 3.05) is 6.61 Å². The molecule has 0 aliphatic carbocycles. The molecule has 0 radical (unpaired) electrons. The number of nitrogens with zero attached hydrogens (tertiary/aromatic N) is 3. The number of allylic oxidation sites excluding steroid dienone is 1. The highest BCUT2D eigenvalue weighted by molar-refractivity contribution is 7.07. The topological polar surface area (TPSA) is 65.6 Å². The zero-order valence-corrected chi connectivity index (χ0v) is 23.6. The number of aromatic nitrogens is 2. The lowest BCUT2D eigenvalue weighted by Gasteiger charge is -2.24. The van der Waals surface area contributed by atoms with Crippen LogP contribution < -0.4 is 14.9 Å². The van der Waals surface area contributed by atoms with Crippen molar-refractivity contribution in [3.8, 4) is 5.69 Å². The van der Waals surface area contributed by atoms with Gasteiger partial charge in [0.15, 0.2) is 4.80 Å². The fourth-order valence-corrected chi connectivity index (χ4v) is 6.10. The normalized spacial score (nSPS) is 15.4. The van der Waals surface area contributed by atoms with E-state index in [1.165, 1.54) is 11.3 Å². The fraction of sp³-hybridized carbons (Fsp3) is 0.207. The molecule has 0 N–H and O–H groups in total. The van der Waals surface area contributed by atoms with E-state index in [2.05, 4.69) is 9.56 Å². The number of hydrogen-bond acceptors (Lipinski definition) is 5. The molecule has 1 unspecified atom stereocenters. The molecule has 0 bridgehead atoms. The van der Waals surface area contributed by atoms with Crippen molar-refractivity contribution in [1.82, 2.24) is 9.13 Å². The van der Waals surface area contributed by atoms with E-state index in [-0.39, 0.29) is 12.2 Å². The average molecular weight is 567 g/mol. The van der Waals surface area contributed by atoms with Gasteiger partial charge >= 0.3 is 5.97 Å². The van der Waals surface area contributed by atoms with Crippen LogP contribution in [0.1, 0.15) is 42.4 Å². The fourth-order valence-electron chi connectivity index (χ4n) is 4.81. The van der Waals surface area contributed by atoms with Gasteiger partial charge in [0.25, 0.3) is 5.56 Å². The summed E-state index contributed by atoms with van der Waals surface area (Å²) in [6.07, 6.45) is 1.89. The van der Waals surface area contributed by atoms with E-state index < -0.39 is 12.0 Å². The summed E-state index contributed by atoms with van der Waals surface area (Å²) in [5.74, 6) is -0.491. The van der Waals surface area contributed by atoms with E-state index in [1.54, 1.807) is 30.5 Å². The largest absolute Gasteiger partial charge is 0.463 e. The SMILES string of the molecule is CCOC(=O)C1=C(C)N=c2s/c(=C\c3cc(C)n(-c4ccc(Cl)cc4)c3C)c(=O)n2C1c1ccc(Cl)cc1. The Bertz CT molecular complexity index is 1760. The summed E-state index contributed by atoms with van der Waals surface area (Å²) in [5.41, 5.74) is 5.33. The van der Waals surface area contributed by atoms with Crippen LogP contribution in [-0.4, -0.2) is 21.7 Å². The minimum atomic E-state index is -0.675. The van der Waals surface area contributed by atoms with Gasteiger partial charge < -0.3 is 9.30 Å². The van der Waals surface area contributed by atoms with Crippen LogP contribution in [0.3, 0.4) is 0 Å². The molecule has 9 heteroatoms. The number of carbonyl (C=O) groups is 1. The first-order chi connectivity index (χ1) is 18.2. The standard InChI is InChI=1S/C29H25Cl2N3O3S/c1-5-37-28(36)25-17(3)32-29-34(26(25)19-6-8-21(30)9-7-19)27(35)24(38-29)15-20-14-16(2)33(18(20)4)23-12-10-22(31)11-13-23/h6-15,26H,5H2,1-4H3/b24-15-. The summed E-state index contributed by atoms with van der Waals surface area (Å²) in [7, 11) is 0. The van der Waals surface area contributed by atoms with Crippen molar-refractivity contribution in [3.63, 3.8) is 0 Å². The molecule has 2 aromatic heterocycles. The van der Waals surface area contributed by atoms with Crippen molar-refractivity contribution in [2.24, 2.45) is 4.99 Å². The van der Waals surface area contributed by atoms with Crippen LogP contribution in [0, 0.1) is 13.8 Å². The highest BCUT2D eigenvalue weighted by Gasteiger charge is 2.33. The van der Waals surface area contributed by atoms with Gasteiger partial charge in [-0.1, -0.05) is 46.7 Å². The van der Waals surface area contributed by atoms with Crippen molar-refractivity contribution in [2.45, 2.75) is 33.7 Å². The lowest BCUT2D eigenvalue weighted by Crippen LogP contribution is -2.39. The third kappa shape index (κ3) is 4.66. The molecule has 2 aromatic carbocycles. The van der Waals surface area contributed by atoms with Crippen molar-refractivity contribution in [3.05, 3.63) is 118 Å². The molecule has 1 aliphatic heterocycles. The van der Waals surface area contributed by atoms with E-state index in [1.807, 2.05) is 62.4 Å². The quantitative estimate of drug-likeness (QED) is 0.299. The van der Waals surface area contributed by atoms with Gasteiger partial charge in [-0.25, -0.2) is 9.79 Å². The highest BCUT2D eigenvalue weighted by atomic mass is 35.5. The van der Waals surface area contributed by atoms with Crippen LogP contribution in [0.25, 0.3) is 11.8 Å². The number of rotatable bonds is 5. The van der Waals surface area contributed by atoms with Gasteiger partial charge in [0.05, 0.1) is 28.5 Å². The van der Waals surface area contributed by atoms with E-state index in [0.29, 0.717) is 30.6 Å². The number of halogens is 2. The monoisotopic (exact) mass is 565 g/mol. The van der Waals surface area contributed by atoms with Crippen molar-refractivity contribution < 1.29 is 9.53 Å². The smallest absolute Gasteiger partial charge is 0.338 e. The Morgan fingerprint density at radius 3 is 2.32 bits per heavy atom. The van der Waals surface area contributed by atoms with E-state index in [0.717, 1.165) is 28.2 Å². The molecule has 6 nitrogen and oxygen atoms in total. The number of fused-ring (bicyclic) bond motifs is 1. The molecule has 0 amide bonds. The Hall–Kier alpha value is -3.39. The first-order valence-electron chi connectivity index (χ1n) is 12.1. The van der Waals surface area contributed by atoms with Gasteiger partial charge in [-0.2, -0.15) is 0 Å². The predicted octanol–water partition coefficient (Wildman–Crippen LogP) is 5.51. The van der Waals surface area contributed by atoms with Crippen molar-refractivity contribution in [1.29, 1.82) is 0 Å². The first-order valence-corrected chi connectivity index (χ1v) is 13.7. The van der Waals surface area contributed by atoms with E-state index in [4.69, 9.17) is 27.9 Å². The van der Waals surface area contributed by atoms with Gasteiger partial charge in [-0.3, -0.25) is 9.36 Å². The maximum atomic E-state index is 13.9. The molecular weight excluding hydrogens is 541 g/mol. The third-order valence-electron chi connectivity index (χ3n) is 6.54. The molecule has 0 saturated heterocycles. The third-order valence-corrected chi connectivity index (χ3v) is 8.03. The number of hydrogen-bond donors (Lipinski definition) is 0. The molecule has 0 spiro atoms. The predicted molar refractivity (Wildman–Crippen MR) is 152 cm³/mol. The second kappa shape index (κ2) is 10.4. The molecule has 0 fully saturated rings. The minimum absolute atomic E-state index is 0.219. The lowest BCUT2D eigenvalue weighted by molar-refractivity contribution is -0.139. The van der Waals surface area contributed by atoms with Crippen LogP contribution in [0.4, 0.5) is 0 Å². The number of esters is 1. The Labute approximate surface area is 233 Å². The van der Waals surface area contributed by atoms with Crippen LogP contribution in [0.15, 0.2) is 75.7 Å². The molecule has 1 atom stereocenters. The Morgan fingerprint density at radius 1 is 1.05 bits per heavy atom. The lowest BCUT2D eigenvalue weighted by atomic mass is 9.96. The zero-order chi connectivity index (χ0) is 27.1. The van der Waals surface area contributed by atoms with Crippen LogP contribution in [0.2, 0.25) is 10.0 Å². The van der Waals surface area contributed by atoms with E-state index in [9.17, 15) is 9.59 Å². The van der Waals surface area contributed by atoms with Crippen LogP contribution in [0.5, 0.6) is 0 Å². The molecule has 0 saturated carbocycles. The Kier molecular flexibility index (Phi) is 7.18. The second-order valence-electron chi connectivity index (χ2n) is 8.99. The van der Waals surface area contributed by atoms with Gasteiger partial charge in [-0.05, 0) is 87.4 Å². The summed E-state index contributed by atoms with van der Waals surface area (Å²) >= 11 is 13.5. The summed E-state index contributed by atoms with van der Waals surface area (Å²) in [6.45, 7) is 7.78. The van der Waals surface area contributed by atoms with Gasteiger partial charge in [0.2, 0.25) is 0 Å². The second-order valence-corrected chi connectivity index (χ2v) is 10.9. The first kappa shape index (κ1) is 26.2. The van der Waals surface area contributed by atoms with Crippen LogP contribution in [-0.2, 0) is 9.53 Å². The molecule has 194 valence electrons. The zero-order valence-electron chi connectivity index (χ0n) is 21.3. The summed E-state index contributed by atoms with van der Waals surface area (Å²) in [4.78, 5) is 32.1. The number of aryl methyl sites for hydroxylation is 1. The van der Waals surface area contributed by atoms with Crippen molar-refractivity contribution >= 4 is 46.6 Å². The number of thiazole rings is 1. The minimum Gasteiger partial charge on any atom is -0.463 e. The number of benzene rings is 2. The van der Waals surface area contributed by atoms with Gasteiger partial charge in [0, 0.05) is 27.1 Å². The van der Waals surface area contributed by atoms with E-state index >= 15 is 0 Å². The highest BCUT2D eigenvalue weighted by Crippen LogP contribution is 2.31.